The van der Waals surface area contributed by atoms with E-state index in [0.29, 0.717) is 12.3 Å². The van der Waals surface area contributed by atoms with Crippen molar-refractivity contribution in [2.24, 2.45) is 0 Å². The van der Waals surface area contributed by atoms with Crippen molar-refractivity contribution in [1.29, 1.82) is 0 Å². The van der Waals surface area contributed by atoms with Gasteiger partial charge in [-0.1, -0.05) is 12.1 Å². The molecular formula is C20H19NO4S. The second kappa shape index (κ2) is 8.49. The van der Waals surface area contributed by atoms with Gasteiger partial charge < -0.3 is 14.2 Å². The molecule has 0 unspecified atom stereocenters. The van der Waals surface area contributed by atoms with Gasteiger partial charge >= 0.3 is 5.97 Å². The maximum atomic E-state index is 12.1. The zero-order chi connectivity index (χ0) is 18.4. The first-order valence-electron chi connectivity index (χ1n) is 8.12. The lowest BCUT2D eigenvalue weighted by Gasteiger charge is -2.07. The molecule has 0 bridgehead atoms. The molecule has 5 nitrogen and oxygen atoms in total. The van der Waals surface area contributed by atoms with Crippen molar-refractivity contribution < 1.29 is 19.0 Å². The third kappa shape index (κ3) is 4.61. The van der Waals surface area contributed by atoms with E-state index in [9.17, 15) is 4.79 Å². The fraction of sp³-hybridized carbons (Fsp3) is 0.200. The summed E-state index contributed by atoms with van der Waals surface area (Å²) in [6, 6.07) is 15.3. The molecule has 0 saturated heterocycles. The van der Waals surface area contributed by atoms with E-state index in [1.54, 1.807) is 12.5 Å². The Balaban J connectivity index is 1.51. The third-order valence-corrected chi connectivity index (χ3v) is 4.52. The van der Waals surface area contributed by atoms with Crippen molar-refractivity contribution in [2.45, 2.75) is 6.92 Å². The van der Waals surface area contributed by atoms with Crippen molar-refractivity contribution in [3.05, 3.63) is 65.2 Å². The van der Waals surface area contributed by atoms with Gasteiger partial charge in [0.25, 0.3) is 0 Å². The first-order valence-corrected chi connectivity index (χ1v) is 9.00. The van der Waals surface area contributed by atoms with Crippen LogP contribution in [0.25, 0.3) is 10.6 Å². The van der Waals surface area contributed by atoms with E-state index >= 15 is 0 Å². The van der Waals surface area contributed by atoms with Crippen LogP contribution in [0.2, 0.25) is 0 Å². The van der Waals surface area contributed by atoms with Crippen LogP contribution < -0.4 is 9.47 Å². The number of hydrogen-bond donors (Lipinski definition) is 0. The summed E-state index contributed by atoms with van der Waals surface area (Å²) in [4.78, 5) is 16.4. The summed E-state index contributed by atoms with van der Waals surface area (Å²) < 4.78 is 15.9. The molecule has 0 amide bonds. The molecule has 0 aliphatic carbocycles. The fourth-order valence-electron chi connectivity index (χ4n) is 2.31. The Kier molecular flexibility index (Phi) is 5.86. The van der Waals surface area contributed by atoms with E-state index in [4.69, 9.17) is 14.2 Å². The summed E-state index contributed by atoms with van der Waals surface area (Å²) in [7, 11) is 1.62. The lowest BCUT2D eigenvalue weighted by atomic mass is 10.2. The second-order valence-electron chi connectivity index (χ2n) is 5.57. The quantitative estimate of drug-likeness (QED) is 0.457. The van der Waals surface area contributed by atoms with Crippen molar-refractivity contribution in [3.8, 4) is 22.1 Å². The molecule has 0 aliphatic heterocycles. The summed E-state index contributed by atoms with van der Waals surface area (Å²) in [6.07, 6.45) is 0. The van der Waals surface area contributed by atoms with Gasteiger partial charge in [-0.25, -0.2) is 9.78 Å². The van der Waals surface area contributed by atoms with Crippen LogP contribution in [0.15, 0.2) is 53.9 Å². The normalized spacial score (nSPS) is 10.4. The molecule has 6 heteroatoms. The highest BCUT2D eigenvalue weighted by Crippen LogP contribution is 2.26. The largest absolute Gasteiger partial charge is 0.497 e. The van der Waals surface area contributed by atoms with Gasteiger partial charge in [-0.2, -0.15) is 0 Å². The number of aromatic nitrogens is 1. The summed E-state index contributed by atoms with van der Waals surface area (Å²) in [6.45, 7) is 2.46. The van der Waals surface area contributed by atoms with Crippen LogP contribution in [-0.2, 0) is 4.74 Å². The Bertz CT molecular complexity index is 874. The average Bonchev–Trinajstić information content (AvgIpc) is 3.15. The standard InChI is InChI=1S/C20H19NO4S/c1-14-4-3-5-17(12-14)24-10-11-25-20(22)18-13-26-19(21-18)15-6-8-16(23-2)9-7-15/h3-9,12-13H,10-11H2,1-2H3. The molecular weight excluding hydrogens is 350 g/mol. The van der Waals surface area contributed by atoms with E-state index in [2.05, 4.69) is 4.98 Å². The fourth-order valence-corrected chi connectivity index (χ4v) is 3.10. The zero-order valence-electron chi connectivity index (χ0n) is 14.6. The maximum absolute atomic E-state index is 12.1. The molecule has 0 radical (unpaired) electrons. The molecule has 0 spiro atoms. The van der Waals surface area contributed by atoms with Gasteiger partial charge in [0.05, 0.1) is 7.11 Å². The van der Waals surface area contributed by atoms with E-state index in [1.165, 1.54) is 11.3 Å². The first kappa shape index (κ1) is 17.9. The molecule has 134 valence electrons. The number of thiazole rings is 1. The minimum absolute atomic E-state index is 0.169. The number of hydrogen-bond acceptors (Lipinski definition) is 6. The van der Waals surface area contributed by atoms with Crippen LogP contribution in [0.5, 0.6) is 11.5 Å². The Morgan fingerprint density at radius 2 is 1.88 bits per heavy atom. The monoisotopic (exact) mass is 369 g/mol. The highest BCUT2D eigenvalue weighted by atomic mass is 32.1. The lowest BCUT2D eigenvalue weighted by molar-refractivity contribution is 0.0444. The van der Waals surface area contributed by atoms with Crippen LogP contribution in [0.4, 0.5) is 0 Å². The van der Waals surface area contributed by atoms with Crippen LogP contribution >= 0.6 is 11.3 Å². The smallest absolute Gasteiger partial charge is 0.357 e. The molecule has 3 rings (SSSR count). The number of methoxy groups -OCH3 is 1. The number of benzene rings is 2. The van der Waals surface area contributed by atoms with Crippen molar-refractivity contribution in [3.63, 3.8) is 0 Å². The van der Waals surface area contributed by atoms with E-state index in [1.807, 2.05) is 55.5 Å². The van der Waals surface area contributed by atoms with Gasteiger partial charge in [0.1, 0.15) is 29.7 Å². The highest BCUT2D eigenvalue weighted by molar-refractivity contribution is 7.13. The Labute approximate surface area is 156 Å². The number of esters is 1. The minimum atomic E-state index is -0.450. The molecule has 0 N–H and O–H groups in total. The SMILES string of the molecule is COc1ccc(-c2nc(C(=O)OCCOc3cccc(C)c3)cs2)cc1. The van der Waals surface area contributed by atoms with Gasteiger partial charge in [-0.3, -0.25) is 0 Å². The topological polar surface area (TPSA) is 57.7 Å². The number of nitrogens with zero attached hydrogens (tertiary/aromatic N) is 1. The molecule has 1 aromatic heterocycles. The van der Waals surface area contributed by atoms with E-state index in [0.717, 1.165) is 27.6 Å². The first-order chi connectivity index (χ1) is 12.7. The number of carbonyl (C=O) groups excluding carboxylic acids is 1. The van der Waals surface area contributed by atoms with E-state index in [-0.39, 0.29) is 6.61 Å². The number of carbonyl (C=O) groups is 1. The second-order valence-corrected chi connectivity index (χ2v) is 6.43. The Morgan fingerprint density at radius 3 is 2.62 bits per heavy atom. The third-order valence-electron chi connectivity index (χ3n) is 3.63. The summed E-state index contributed by atoms with van der Waals surface area (Å²) in [5.74, 6) is 1.09. The van der Waals surface area contributed by atoms with Crippen LogP contribution in [-0.4, -0.2) is 31.3 Å². The van der Waals surface area contributed by atoms with Gasteiger partial charge in [-0.15, -0.1) is 11.3 Å². The lowest BCUT2D eigenvalue weighted by Crippen LogP contribution is -2.12. The predicted octanol–water partition coefficient (Wildman–Crippen LogP) is 4.36. The molecule has 26 heavy (non-hydrogen) atoms. The Morgan fingerprint density at radius 1 is 1.08 bits per heavy atom. The summed E-state index contributed by atoms with van der Waals surface area (Å²) >= 11 is 1.40. The maximum Gasteiger partial charge on any atom is 0.357 e. The van der Waals surface area contributed by atoms with Gasteiger partial charge in [0.2, 0.25) is 0 Å². The van der Waals surface area contributed by atoms with Crippen molar-refractivity contribution in [2.75, 3.05) is 20.3 Å². The predicted molar refractivity (Wildman–Crippen MR) is 101 cm³/mol. The van der Waals surface area contributed by atoms with Crippen molar-refractivity contribution >= 4 is 17.3 Å². The number of ether oxygens (including phenoxy) is 3. The molecule has 0 atom stereocenters. The van der Waals surface area contributed by atoms with Gasteiger partial charge in [-0.05, 0) is 48.9 Å². The average molecular weight is 369 g/mol. The number of aryl methyl sites for hydroxylation is 1. The summed E-state index contributed by atoms with van der Waals surface area (Å²) in [5.41, 5.74) is 2.35. The van der Waals surface area contributed by atoms with Crippen LogP contribution in [0, 0.1) is 6.92 Å². The van der Waals surface area contributed by atoms with E-state index < -0.39 is 5.97 Å². The minimum Gasteiger partial charge on any atom is -0.497 e. The van der Waals surface area contributed by atoms with Gasteiger partial charge in [0, 0.05) is 10.9 Å². The molecule has 0 fully saturated rings. The summed E-state index contributed by atoms with van der Waals surface area (Å²) in [5, 5.41) is 2.46. The zero-order valence-corrected chi connectivity index (χ0v) is 15.4. The number of rotatable bonds is 7. The molecule has 3 aromatic rings. The molecule has 0 saturated carbocycles. The Hall–Kier alpha value is -2.86. The van der Waals surface area contributed by atoms with Crippen LogP contribution in [0.3, 0.4) is 0 Å². The van der Waals surface area contributed by atoms with Gasteiger partial charge in [0.15, 0.2) is 5.69 Å². The highest BCUT2D eigenvalue weighted by Gasteiger charge is 2.13. The molecule has 1 heterocycles. The van der Waals surface area contributed by atoms with Crippen molar-refractivity contribution in [1.82, 2.24) is 4.98 Å². The molecule has 0 aliphatic rings. The van der Waals surface area contributed by atoms with Crippen LogP contribution in [0.1, 0.15) is 16.1 Å². The molecule has 2 aromatic carbocycles.